The molecular formula is C21H24F2N6. The monoisotopic (exact) mass is 398 g/mol. The number of nitrogens with two attached hydrogens (primary N) is 1. The minimum absolute atomic E-state index is 0.225. The number of likely N-dealkylation sites (tertiary alicyclic amines) is 1. The van der Waals surface area contributed by atoms with Gasteiger partial charge in [-0.25, -0.2) is 18.5 Å². The van der Waals surface area contributed by atoms with Gasteiger partial charge in [0.1, 0.15) is 11.6 Å². The Kier molecular flexibility index (Phi) is 4.57. The van der Waals surface area contributed by atoms with Crippen molar-refractivity contribution in [2.75, 3.05) is 13.6 Å². The molecule has 2 aromatic rings. The smallest absolute Gasteiger partial charge is 0.159 e. The predicted molar refractivity (Wildman–Crippen MR) is 108 cm³/mol. The van der Waals surface area contributed by atoms with E-state index in [0.717, 1.165) is 43.6 Å². The van der Waals surface area contributed by atoms with Crippen LogP contribution in [0.4, 0.5) is 14.6 Å². The second kappa shape index (κ2) is 7.12. The van der Waals surface area contributed by atoms with Crippen LogP contribution >= 0.6 is 0 Å². The van der Waals surface area contributed by atoms with Crippen LogP contribution in [0.5, 0.6) is 0 Å². The molecule has 29 heavy (non-hydrogen) atoms. The number of benzene rings is 1. The molecule has 1 aromatic carbocycles. The maximum atomic E-state index is 14.3. The molecule has 152 valence electrons. The molecule has 1 aromatic heterocycles. The molecule has 3 aliphatic heterocycles. The van der Waals surface area contributed by atoms with E-state index in [4.69, 9.17) is 10.8 Å². The van der Waals surface area contributed by atoms with Crippen molar-refractivity contribution in [3.8, 4) is 0 Å². The summed E-state index contributed by atoms with van der Waals surface area (Å²) in [7, 11) is 1.93. The number of piperidine rings is 1. The standard InChI is InChI=1S/C21H24F2N6/c1-27-10-14(9-18(24)20(27)15-8-13(22)4-5-17(15)23)28-11-16-19(12-28)26-29-7-3-2-6-25-21(16)29/h3-8,14,18,20H,2,9-12,24H2,1H3/t14-,18+,20?/m1/s1. The van der Waals surface area contributed by atoms with E-state index < -0.39 is 11.6 Å². The molecular weight excluding hydrogens is 374 g/mol. The fourth-order valence-electron chi connectivity index (χ4n) is 4.87. The van der Waals surface area contributed by atoms with Crippen LogP contribution in [0.15, 0.2) is 29.3 Å². The number of aliphatic imine (C=N–C) groups is 1. The summed E-state index contributed by atoms with van der Waals surface area (Å²) in [5, 5.41) is 4.70. The Bertz CT molecular complexity index is 985. The van der Waals surface area contributed by atoms with Crippen molar-refractivity contribution in [1.82, 2.24) is 19.6 Å². The Morgan fingerprint density at radius 3 is 2.90 bits per heavy atom. The van der Waals surface area contributed by atoms with Gasteiger partial charge in [0, 0.05) is 61.7 Å². The summed E-state index contributed by atoms with van der Waals surface area (Å²) in [5.74, 6) is 0.0587. The van der Waals surface area contributed by atoms with Crippen LogP contribution in [-0.2, 0) is 13.1 Å². The number of rotatable bonds is 2. The lowest BCUT2D eigenvalue weighted by Gasteiger charge is -2.44. The molecule has 1 fully saturated rings. The Morgan fingerprint density at radius 1 is 1.21 bits per heavy atom. The third-order valence-electron chi connectivity index (χ3n) is 6.20. The van der Waals surface area contributed by atoms with Crippen LogP contribution in [0.3, 0.4) is 0 Å². The van der Waals surface area contributed by atoms with E-state index in [0.29, 0.717) is 12.0 Å². The van der Waals surface area contributed by atoms with E-state index in [1.54, 1.807) is 0 Å². The zero-order chi connectivity index (χ0) is 20.1. The number of allylic oxidation sites excluding steroid dienone is 1. The zero-order valence-electron chi connectivity index (χ0n) is 16.3. The van der Waals surface area contributed by atoms with Crippen molar-refractivity contribution in [3.63, 3.8) is 0 Å². The first kappa shape index (κ1) is 18.6. The van der Waals surface area contributed by atoms with Gasteiger partial charge < -0.3 is 5.73 Å². The highest BCUT2D eigenvalue weighted by atomic mass is 19.1. The van der Waals surface area contributed by atoms with Gasteiger partial charge >= 0.3 is 0 Å². The lowest BCUT2D eigenvalue weighted by molar-refractivity contribution is 0.0586. The molecule has 0 spiro atoms. The van der Waals surface area contributed by atoms with Crippen molar-refractivity contribution in [2.24, 2.45) is 10.7 Å². The maximum absolute atomic E-state index is 14.3. The molecule has 8 heteroatoms. The van der Waals surface area contributed by atoms with Gasteiger partial charge in [0.2, 0.25) is 0 Å². The van der Waals surface area contributed by atoms with Crippen LogP contribution in [0, 0.1) is 11.6 Å². The highest BCUT2D eigenvalue weighted by Gasteiger charge is 2.39. The van der Waals surface area contributed by atoms with E-state index in [9.17, 15) is 8.78 Å². The van der Waals surface area contributed by atoms with Crippen LogP contribution in [0.1, 0.15) is 35.7 Å². The van der Waals surface area contributed by atoms with Gasteiger partial charge in [-0.3, -0.25) is 9.80 Å². The van der Waals surface area contributed by atoms with Crippen molar-refractivity contribution in [1.29, 1.82) is 0 Å². The van der Waals surface area contributed by atoms with Crippen LogP contribution in [-0.4, -0.2) is 51.5 Å². The highest BCUT2D eigenvalue weighted by Crippen LogP contribution is 2.37. The number of hydrogen-bond donors (Lipinski definition) is 1. The molecule has 1 unspecified atom stereocenters. The first-order valence-electron chi connectivity index (χ1n) is 9.95. The SMILES string of the molecule is CN1C[C@H](N2Cc3nn4c(c3C2)N=CCC=C4)C[C@H](N)C1c1cc(F)ccc1F. The normalized spacial score (nSPS) is 27.1. The van der Waals surface area contributed by atoms with Crippen LogP contribution in [0.25, 0.3) is 6.20 Å². The average Bonchev–Trinajstić information content (AvgIpc) is 3.14. The first-order chi connectivity index (χ1) is 14.0. The molecule has 2 N–H and O–H groups in total. The molecule has 3 aliphatic rings. The van der Waals surface area contributed by atoms with E-state index in [1.165, 1.54) is 17.7 Å². The number of nitrogens with zero attached hydrogens (tertiary/aromatic N) is 5. The fourth-order valence-corrected chi connectivity index (χ4v) is 4.87. The second-order valence-electron chi connectivity index (χ2n) is 8.13. The summed E-state index contributed by atoms with van der Waals surface area (Å²) in [6.45, 7) is 2.26. The lowest BCUT2D eigenvalue weighted by atomic mass is 9.88. The molecule has 0 aliphatic carbocycles. The quantitative estimate of drug-likeness (QED) is 0.845. The van der Waals surface area contributed by atoms with Gasteiger partial charge in [0.25, 0.3) is 0 Å². The number of hydrogen-bond acceptors (Lipinski definition) is 5. The second-order valence-corrected chi connectivity index (χ2v) is 8.13. The molecule has 5 rings (SSSR count). The summed E-state index contributed by atoms with van der Waals surface area (Å²) >= 11 is 0. The van der Waals surface area contributed by atoms with Crippen molar-refractivity contribution in [2.45, 2.75) is 44.1 Å². The van der Waals surface area contributed by atoms with Crippen molar-refractivity contribution < 1.29 is 8.78 Å². The molecule has 4 heterocycles. The number of halogens is 2. The van der Waals surface area contributed by atoms with Gasteiger partial charge in [-0.05, 0) is 31.7 Å². The van der Waals surface area contributed by atoms with Crippen molar-refractivity contribution >= 4 is 18.2 Å². The summed E-state index contributed by atoms with van der Waals surface area (Å²) in [4.78, 5) is 8.99. The van der Waals surface area contributed by atoms with Gasteiger partial charge in [0.05, 0.1) is 11.7 Å². The Morgan fingerprint density at radius 2 is 2.07 bits per heavy atom. The Labute approximate surface area is 168 Å². The summed E-state index contributed by atoms with van der Waals surface area (Å²) in [6, 6.07) is 3.19. The zero-order valence-corrected chi connectivity index (χ0v) is 16.3. The molecule has 3 atom stereocenters. The van der Waals surface area contributed by atoms with E-state index in [2.05, 4.69) is 9.89 Å². The molecule has 0 amide bonds. The van der Waals surface area contributed by atoms with Gasteiger partial charge in [0.15, 0.2) is 5.82 Å². The molecule has 0 saturated carbocycles. The largest absolute Gasteiger partial charge is 0.326 e. The summed E-state index contributed by atoms with van der Waals surface area (Å²) in [6.07, 6.45) is 7.44. The molecule has 0 bridgehead atoms. The van der Waals surface area contributed by atoms with Gasteiger partial charge in [-0.1, -0.05) is 6.08 Å². The molecule has 0 radical (unpaired) electrons. The minimum Gasteiger partial charge on any atom is -0.326 e. The van der Waals surface area contributed by atoms with Gasteiger partial charge in [-0.15, -0.1) is 0 Å². The summed E-state index contributed by atoms with van der Waals surface area (Å²) in [5.41, 5.74) is 9.04. The van der Waals surface area contributed by atoms with E-state index in [-0.39, 0.29) is 18.1 Å². The number of likely N-dealkylation sites (N-methyl/N-ethyl adjacent to an activating group) is 1. The van der Waals surface area contributed by atoms with Crippen LogP contribution in [0.2, 0.25) is 0 Å². The predicted octanol–water partition coefficient (Wildman–Crippen LogP) is 2.83. The fraction of sp³-hybridized carbons (Fsp3) is 0.429. The third-order valence-corrected chi connectivity index (χ3v) is 6.20. The van der Waals surface area contributed by atoms with Gasteiger partial charge in [-0.2, -0.15) is 5.10 Å². The number of aromatic nitrogens is 2. The Balaban J connectivity index is 1.34. The highest BCUT2D eigenvalue weighted by molar-refractivity contribution is 5.69. The first-order valence-corrected chi connectivity index (χ1v) is 9.95. The third kappa shape index (κ3) is 3.21. The average molecular weight is 398 g/mol. The topological polar surface area (TPSA) is 62.7 Å². The number of fused-ring (bicyclic) bond motifs is 3. The summed E-state index contributed by atoms with van der Waals surface area (Å²) < 4.78 is 29.9. The Hall–Kier alpha value is -2.42. The molecule has 6 nitrogen and oxygen atoms in total. The lowest BCUT2D eigenvalue weighted by Crippen LogP contribution is -2.54. The molecule has 1 saturated heterocycles. The van der Waals surface area contributed by atoms with E-state index >= 15 is 0 Å². The van der Waals surface area contributed by atoms with Crippen LogP contribution < -0.4 is 5.73 Å². The maximum Gasteiger partial charge on any atom is 0.159 e. The van der Waals surface area contributed by atoms with E-state index in [1.807, 2.05) is 35.1 Å². The minimum atomic E-state index is -0.439. The van der Waals surface area contributed by atoms with Crippen molar-refractivity contribution in [3.05, 3.63) is 52.7 Å².